The number of carbonyl (C=O) groups is 3. The molecule has 11 heteroatoms. The summed E-state index contributed by atoms with van der Waals surface area (Å²) < 4.78 is 11.4. The molecule has 1 aliphatic rings. The van der Waals surface area contributed by atoms with Crippen LogP contribution in [0.4, 0.5) is 10.5 Å². The summed E-state index contributed by atoms with van der Waals surface area (Å²) >= 11 is 0. The van der Waals surface area contributed by atoms with E-state index in [2.05, 4.69) is 33.0 Å². The molecule has 0 bridgehead atoms. The first-order valence-electron chi connectivity index (χ1n) is 19.3. The van der Waals surface area contributed by atoms with Crippen LogP contribution in [0, 0.1) is 5.92 Å². The number of ether oxygens (including phenoxy) is 2. The number of anilines is 1. The van der Waals surface area contributed by atoms with Gasteiger partial charge in [-0.2, -0.15) is 0 Å². The van der Waals surface area contributed by atoms with Crippen molar-refractivity contribution in [2.24, 2.45) is 5.92 Å². The first-order valence-corrected chi connectivity index (χ1v) is 19.3. The highest BCUT2D eigenvalue weighted by Crippen LogP contribution is 2.24. The van der Waals surface area contributed by atoms with Gasteiger partial charge in [-0.1, -0.05) is 132 Å². The Balaban J connectivity index is 0.00000384. The average Bonchev–Trinajstić information content (AvgIpc) is 3.67. The lowest BCUT2D eigenvalue weighted by Crippen LogP contribution is -2.57. The van der Waals surface area contributed by atoms with Crippen LogP contribution in [-0.4, -0.2) is 76.5 Å². The van der Waals surface area contributed by atoms with Crippen molar-refractivity contribution in [1.29, 1.82) is 0 Å². The first-order chi connectivity index (χ1) is 27.6. The van der Waals surface area contributed by atoms with Gasteiger partial charge >= 0.3 is 6.09 Å². The fourth-order valence-corrected chi connectivity index (χ4v) is 6.82. The lowest BCUT2D eigenvalue weighted by atomic mass is 9.94. The Labute approximate surface area is 348 Å². The van der Waals surface area contributed by atoms with Crippen molar-refractivity contribution >= 4 is 23.6 Å². The molecule has 0 saturated carbocycles. The number of amides is 3. The molecule has 3 amide bonds. The minimum absolute atomic E-state index is 0. The van der Waals surface area contributed by atoms with Crippen LogP contribution in [0.2, 0.25) is 0 Å². The van der Waals surface area contributed by atoms with Crippen molar-refractivity contribution in [3.63, 3.8) is 0 Å². The van der Waals surface area contributed by atoms with Gasteiger partial charge in [0.1, 0.15) is 17.6 Å². The zero-order valence-electron chi connectivity index (χ0n) is 32.2. The van der Waals surface area contributed by atoms with Gasteiger partial charge in [0, 0.05) is 31.4 Å². The molecule has 1 fully saturated rings. The Morgan fingerprint density at radius 3 is 1.92 bits per heavy atom. The number of aliphatic hydroxyl groups excluding tert-OH is 2. The maximum atomic E-state index is 13.9. The average molecular weight is 803 g/mol. The molecule has 312 valence electrons. The third-order valence-corrected chi connectivity index (χ3v) is 9.89. The normalized spacial score (nSPS) is 15.6. The van der Waals surface area contributed by atoms with E-state index in [4.69, 9.17) is 9.47 Å². The van der Waals surface area contributed by atoms with E-state index in [-0.39, 0.29) is 27.3 Å². The van der Waals surface area contributed by atoms with Crippen molar-refractivity contribution < 1.29 is 34.1 Å². The van der Waals surface area contributed by atoms with Crippen LogP contribution in [0.3, 0.4) is 0 Å². The summed E-state index contributed by atoms with van der Waals surface area (Å²) in [4.78, 5) is 42.5. The second kappa shape index (κ2) is 22.2. The molecule has 11 nitrogen and oxygen atoms in total. The number of carbonyl (C=O) groups excluding carboxylic acids is 3. The third kappa shape index (κ3) is 13.3. The van der Waals surface area contributed by atoms with E-state index in [9.17, 15) is 24.6 Å². The summed E-state index contributed by atoms with van der Waals surface area (Å²) in [6.45, 7) is 5.56. The van der Waals surface area contributed by atoms with E-state index < -0.39 is 48.2 Å². The number of aliphatic hydroxyl groups is 2. The molecular weight excluding hydrogens is 745 g/mol. The van der Waals surface area contributed by atoms with Gasteiger partial charge in [0.2, 0.25) is 0 Å². The second-order valence-corrected chi connectivity index (χ2v) is 14.7. The van der Waals surface area contributed by atoms with Gasteiger partial charge < -0.3 is 30.3 Å². The van der Waals surface area contributed by atoms with Gasteiger partial charge in [-0.25, -0.2) is 4.79 Å². The fraction of sp³-hybridized carbons (Fsp3) is 0.312. The molecule has 0 spiro atoms. The highest BCUT2D eigenvalue weighted by Gasteiger charge is 2.37. The van der Waals surface area contributed by atoms with Crippen LogP contribution in [0.15, 0.2) is 140 Å². The van der Waals surface area contributed by atoms with Gasteiger partial charge in [-0.15, -0.1) is 0 Å². The van der Waals surface area contributed by atoms with E-state index in [0.717, 1.165) is 29.8 Å². The largest absolute Gasteiger partial charge is 0.457 e. The van der Waals surface area contributed by atoms with Crippen molar-refractivity contribution in [2.75, 3.05) is 18.4 Å². The van der Waals surface area contributed by atoms with E-state index in [1.807, 2.05) is 103 Å². The summed E-state index contributed by atoms with van der Waals surface area (Å²) in [5.74, 6) is -0.637. The predicted molar refractivity (Wildman–Crippen MR) is 233 cm³/mol. The number of hydrogen-bond acceptors (Lipinski definition) is 8. The van der Waals surface area contributed by atoms with Crippen LogP contribution in [0.1, 0.15) is 46.2 Å². The van der Waals surface area contributed by atoms with Crippen LogP contribution in [-0.2, 0) is 27.3 Å². The maximum Gasteiger partial charge on any atom is 0.412 e. The topological polar surface area (TPSA) is 149 Å². The van der Waals surface area contributed by atoms with Crippen molar-refractivity contribution in [3.8, 4) is 22.6 Å². The SMILES string of the molecule is C.C.CC(C)C(OC(=O)Nc1ccc(Oc2ccccc2)cc1)C(=O)NC(Cc1ccc(-c2ccccc2)cc1)C(O)C(O)C(=O)NC1CCN(Cc2ccccc2)C1. The number of benzene rings is 5. The Morgan fingerprint density at radius 2 is 1.29 bits per heavy atom. The lowest BCUT2D eigenvalue weighted by molar-refractivity contribution is -0.140. The molecule has 1 aliphatic heterocycles. The van der Waals surface area contributed by atoms with E-state index in [1.165, 1.54) is 5.56 Å². The van der Waals surface area contributed by atoms with Gasteiger partial charge in [0.25, 0.3) is 11.8 Å². The Morgan fingerprint density at radius 1 is 0.712 bits per heavy atom. The monoisotopic (exact) mass is 802 g/mol. The Bertz CT molecular complexity index is 2030. The maximum absolute atomic E-state index is 13.9. The Hall–Kier alpha value is -6.01. The summed E-state index contributed by atoms with van der Waals surface area (Å²) in [5.41, 5.74) is 4.35. The van der Waals surface area contributed by atoms with E-state index in [0.29, 0.717) is 30.2 Å². The quantitative estimate of drug-likeness (QED) is 0.0678. The smallest absolute Gasteiger partial charge is 0.412 e. The number of hydrogen-bond donors (Lipinski definition) is 5. The van der Waals surface area contributed by atoms with Gasteiger partial charge in [-0.05, 0) is 77.4 Å². The molecule has 5 atom stereocenters. The molecule has 1 heterocycles. The zero-order chi connectivity index (χ0) is 40.1. The van der Waals surface area contributed by atoms with Crippen LogP contribution in [0.25, 0.3) is 11.1 Å². The van der Waals surface area contributed by atoms with Crippen molar-refractivity contribution in [2.45, 2.75) is 78.5 Å². The molecule has 5 N–H and O–H groups in total. The highest BCUT2D eigenvalue weighted by molar-refractivity contribution is 5.89. The van der Waals surface area contributed by atoms with E-state index >= 15 is 0 Å². The number of likely N-dealkylation sites (tertiary alicyclic amines) is 1. The van der Waals surface area contributed by atoms with Crippen LogP contribution in [0.5, 0.6) is 11.5 Å². The lowest BCUT2D eigenvalue weighted by Gasteiger charge is -2.30. The summed E-state index contributed by atoms with van der Waals surface area (Å²) in [6.07, 6.45) is -4.89. The Kier molecular flexibility index (Phi) is 17.2. The molecule has 5 aromatic carbocycles. The summed E-state index contributed by atoms with van der Waals surface area (Å²) in [5, 5.41) is 31.1. The van der Waals surface area contributed by atoms with Crippen molar-refractivity contribution in [3.05, 3.63) is 151 Å². The third-order valence-electron chi connectivity index (χ3n) is 9.89. The molecule has 5 aromatic rings. The fourth-order valence-electron chi connectivity index (χ4n) is 6.82. The van der Waals surface area contributed by atoms with Gasteiger partial charge in [-0.3, -0.25) is 19.8 Å². The van der Waals surface area contributed by atoms with Gasteiger partial charge in [0.15, 0.2) is 12.2 Å². The summed E-state index contributed by atoms with van der Waals surface area (Å²) in [6, 6.07) is 42.2. The van der Waals surface area contributed by atoms with Crippen LogP contribution < -0.4 is 20.7 Å². The molecule has 0 aliphatic carbocycles. The van der Waals surface area contributed by atoms with Gasteiger partial charge in [0.05, 0.1) is 6.04 Å². The second-order valence-electron chi connectivity index (χ2n) is 14.7. The first kappa shape index (κ1) is 45.7. The predicted octanol–water partition coefficient (Wildman–Crippen LogP) is 7.83. The molecule has 5 unspecified atom stereocenters. The van der Waals surface area contributed by atoms with Crippen molar-refractivity contribution in [1.82, 2.24) is 15.5 Å². The number of nitrogens with one attached hydrogen (secondary N) is 3. The molecule has 0 radical (unpaired) electrons. The highest BCUT2D eigenvalue weighted by atomic mass is 16.6. The molecule has 59 heavy (non-hydrogen) atoms. The molecule has 1 saturated heterocycles. The molecular formula is C48H58N4O7. The number of para-hydroxylation sites is 1. The standard InChI is InChI=1S/C46H50N4O7.2CH4/c1-31(2)43(57-46(55)48-36-22-24-39(25-23-36)56-38-16-10-5-11-17-38)45(54)49-40(28-32-18-20-35(21-19-32)34-14-8-4-9-15-34)41(51)42(52)44(53)47-37-26-27-50(30-37)29-33-12-6-3-7-13-33;;/h3-25,31,37,40-43,51-52H,26-30H2,1-2H3,(H,47,53)(H,48,55)(H,49,54);2*1H4. The minimum Gasteiger partial charge on any atom is -0.457 e. The minimum atomic E-state index is -1.85. The number of nitrogens with zero attached hydrogens (tertiary/aromatic N) is 1. The zero-order valence-corrected chi connectivity index (χ0v) is 32.2. The molecule has 0 aromatic heterocycles. The summed E-state index contributed by atoms with van der Waals surface area (Å²) in [7, 11) is 0. The van der Waals surface area contributed by atoms with Crippen LogP contribution >= 0.6 is 0 Å². The van der Waals surface area contributed by atoms with E-state index in [1.54, 1.807) is 38.1 Å². The molecule has 6 rings (SSSR count). The number of rotatable bonds is 16.